The Balaban J connectivity index is 1.49. The fourth-order valence-electron chi connectivity index (χ4n) is 4.78. The van der Waals surface area contributed by atoms with E-state index >= 15 is 0 Å². The maximum Gasteiger partial charge on any atom is 0.310 e. The number of esters is 1. The van der Waals surface area contributed by atoms with Crippen LogP contribution in [0.15, 0.2) is 48.7 Å². The van der Waals surface area contributed by atoms with E-state index in [0.717, 1.165) is 21.0 Å². The van der Waals surface area contributed by atoms with Gasteiger partial charge in [-0.05, 0) is 48.3 Å². The summed E-state index contributed by atoms with van der Waals surface area (Å²) in [5, 5.41) is 14.6. The molecule has 2 aromatic carbocycles. The summed E-state index contributed by atoms with van der Waals surface area (Å²) >= 11 is 7.62. The Morgan fingerprint density at radius 3 is 2.60 bits per heavy atom. The molecule has 3 heterocycles. The number of nitrogens with zero attached hydrogens (tertiary/aromatic N) is 6. The van der Waals surface area contributed by atoms with Gasteiger partial charge in [-0.15, -0.1) is 4.80 Å². The third kappa shape index (κ3) is 7.52. The molecular formula is C31H30ClFN8O5S. The van der Waals surface area contributed by atoms with Crippen molar-refractivity contribution >= 4 is 62.6 Å². The molecule has 0 aliphatic rings. The van der Waals surface area contributed by atoms with Crippen molar-refractivity contribution in [1.29, 1.82) is 0 Å². The number of carbonyl (C=O) groups is 4. The van der Waals surface area contributed by atoms with Crippen LogP contribution in [0.4, 0.5) is 10.2 Å². The summed E-state index contributed by atoms with van der Waals surface area (Å²) in [6.45, 7) is 5.88. The molecule has 0 aliphatic heterocycles. The molecule has 0 saturated carbocycles. The topological polar surface area (TPSA) is 163 Å². The molecule has 5 aromatic rings. The largest absolute Gasteiger partial charge is 0.440 e. The number of imidazole rings is 1. The van der Waals surface area contributed by atoms with Gasteiger partial charge >= 0.3 is 5.97 Å². The number of rotatable bonds is 12. The number of ether oxygens (including phenoxy) is 1. The monoisotopic (exact) mass is 680 g/mol. The number of aromatic nitrogens is 6. The Kier molecular flexibility index (Phi) is 10.1. The smallest absolute Gasteiger partial charge is 0.310 e. The number of carbonyl (C=O) groups excluding carboxylic acids is 4. The molecule has 0 fully saturated rings. The Bertz CT molecular complexity index is 1990. The van der Waals surface area contributed by atoms with Crippen molar-refractivity contribution in [2.45, 2.75) is 53.4 Å². The van der Waals surface area contributed by atoms with Crippen molar-refractivity contribution < 1.29 is 28.3 Å². The van der Waals surface area contributed by atoms with Gasteiger partial charge in [0, 0.05) is 16.3 Å². The zero-order valence-electron chi connectivity index (χ0n) is 25.8. The van der Waals surface area contributed by atoms with Crippen LogP contribution in [0.2, 0.25) is 5.02 Å². The minimum atomic E-state index is -0.734. The first-order valence-electron chi connectivity index (χ1n) is 14.5. The number of anilines is 1. The number of ketones is 1. The van der Waals surface area contributed by atoms with E-state index in [1.54, 1.807) is 32.9 Å². The summed E-state index contributed by atoms with van der Waals surface area (Å²) in [5.41, 5.74) is 1.12. The molecule has 47 heavy (non-hydrogen) atoms. The van der Waals surface area contributed by atoms with Gasteiger partial charge in [-0.2, -0.15) is 14.6 Å². The predicted molar refractivity (Wildman–Crippen MR) is 172 cm³/mol. The summed E-state index contributed by atoms with van der Waals surface area (Å²) in [5.74, 6) is -3.80. The van der Waals surface area contributed by atoms with Gasteiger partial charge in [0.25, 0.3) is 11.8 Å². The lowest BCUT2D eigenvalue weighted by Crippen LogP contribution is -2.28. The van der Waals surface area contributed by atoms with Gasteiger partial charge in [0.05, 0.1) is 35.6 Å². The van der Waals surface area contributed by atoms with Gasteiger partial charge in [-0.3, -0.25) is 19.2 Å². The minimum absolute atomic E-state index is 0.0239. The Morgan fingerprint density at radius 1 is 1.09 bits per heavy atom. The van der Waals surface area contributed by atoms with Crippen LogP contribution in [-0.4, -0.2) is 52.5 Å². The van der Waals surface area contributed by atoms with Crippen molar-refractivity contribution in [3.8, 4) is 0 Å². The normalized spacial score (nSPS) is 11.9. The molecule has 0 spiro atoms. The predicted octanol–water partition coefficient (Wildman–Crippen LogP) is 4.96. The Morgan fingerprint density at radius 2 is 1.85 bits per heavy atom. The van der Waals surface area contributed by atoms with Crippen LogP contribution in [0, 0.1) is 11.7 Å². The molecule has 2 N–H and O–H groups in total. The number of amides is 2. The van der Waals surface area contributed by atoms with Gasteiger partial charge in [-0.25, -0.2) is 9.37 Å². The van der Waals surface area contributed by atoms with Crippen LogP contribution in [0.3, 0.4) is 0 Å². The van der Waals surface area contributed by atoms with Crippen molar-refractivity contribution in [2.75, 3.05) is 5.32 Å². The van der Waals surface area contributed by atoms with Gasteiger partial charge < -0.3 is 19.9 Å². The van der Waals surface area contributed by atoms with Crippen LogP contribution in [0.25, 0.3) is 10.1 Å². The van der Waals surface area contributed by atoms with E-state index in [9.17, 15) is 23.6 Å². The van der Waals surface area contributed by atoms with Crippen molar-refractivity contribution in [3.05, 3.63) is 88.0 Å². The molecule has 0 unspecified atom stereocenters. The fourth-order valence-corrected chi connectivity index (χ4v) is 5.83. The average molecular weight is 681 g/mol. The summed E-state index contributed by atoms with van der Waals surface area (Å²) in [6.07, 6.45) is 1.40. The van der Waals surface area contributed by atoms with Crippen LogP contribution in [-0.2, 0) is 34.1 Å². The van der Waals surface area contributed by atoms with Crippen LogP contribution >= 0.6 is 23.1 Å². The molecule has 1 atom stereocenters. The molecule has 0 saturated heterocycles. The van der Waals surface area contributed by atoms with E-state index in [-0.39, 0.29) is 59.6 Å². The number of hydrogen-bond donors (Lipinski definition) is 2. The third-order valence-corrected chi connectivity index (χ3v) is 8.23. The molecule has 0 bridgehead atoms. The second-order valence-electron chi connectivity index (χ2n) is 11.0. The first-order valence-corrected chi connectivity index (χ1v) is 15.6. The molecule has 0 radical (unpaired) electrons. The van der Waals surface area contributed by atoms with Crippen molar-refractivity contribution in [2.24, 2.45) is 5.92 Å². The van der Waals surface area contributed by atoms with Gasteiger partial charge in [-0.1, -0.05) is 50.6 Å². The highest BCUT2D eigenvalue weighted by atomic mass is 35.5. The highest BCUT2D eigenvalue weighted by Gasteiger charge is 2.30. The van der Waals surface area contributed by atoms with Crippen LogP contribution in [0.1, 0.15) is 71.7 Å². The standard InChI is InChI=1S/C31H30ClFN8O5S/c1-16(2)31(45)46-15-41-35-13-20(38-41)12-34-30(44)28-36-27(37-29(43)25-21-7-5-6-8-24(21)47-39-25)26(40(28)14-17(3)42)18(4)22-11-19(33)9-10-23(22)32/h5-11,13,16,18H,12,14-15H2,1-4H3,(H,34,44)(H,37,43)/t18-/m0/s1. The maximum atomic E-state index is 14.4. The first kappa shape index (κ1) is 33.3. The lowest BCUT2D eigenvalue weighted by atomic mass is 9.96. The Labute approximate surface area is 277 Å². The van der Waals surface area contributed by atoms with Crippen molar-refractivity contribution in [3.63, 3.8) is 0 Å². The molecule has 2 amide bonds. The number of Topliss-reactive ketones (excluding diaryl/α,β-unsaturated/α-hetero) is 1. The second-order valence-corrected chi connectivity index (χ2v) is 12.2. The molecule has 5 rings (SSSR count). The first-order chi connectivity index (χ1) is 22.4. The lowest BCUT2D eigenvalue weighted by molar-refractivity contribution is -0.152. The molecule has 16 heteroatoms. The Hall–Kier alpha value is -5.02. The number of halogens is 2. The molecular weight excluding hydrogens is 651 g/mol. The highest BCUT2D eigenvalue weighted by molar-refractivity contribution is 7.13. The lowest BCUT2D eigenvalue weighted by Gasteiger charge is -2.19. The van der Waals surface area contributed by atoms with E-state index in [4.69, 9.17) is 16.3 Å². The average Bonchev–Trinajstić information content (AvgIpc) is 3.76. The zero-order valence-corrected chi connectivity index (χ0v) is 27.4. The molecule has 0 aliphatic carbocycles. The summed E-state index contributed by atoms with van der Waals surface area (Å²) in [4.78, 5) is 57.1. The fraction of sp³-hybridized carbons (Fsp3) is 0.290. The SMILES string of the molecule is CC(=O)Cn1c(C(=O)NCc2cnn(COC(=O)C(C)C)n2)nc(NC(=O)c2nsc3ccccc23)c1[C@@H](C)c1cc(F)ccc1Cl. The van der Waals surface area contributed by atoms with E-state index in [1.165, 1.54) is 35.9 Å². The van der Waals surface area contributed by atoms with E-state index in [2.05, 4.69) is 30.2 Å². The molecule has 13 nitrogen and oxygen atoms in total. The number of hydrogen-bond acceptors (Lipinski definition) is 10. The number of fused-ring (bicyclic) bond motifs is 1. The third-order valence-electron chi connectivity index (χ3n) is 7.06. The molecule has 244 valence electrons. The number of nitrogens with one attached hydrogen (secondary N) is 2. The van der Waals surface area contributed by atoms with Crippen molar-refractivity contribution in [1.82, 2.24) is 34.2 Å². The van der Waals surface area contributed by atoms with Crippen LogP contribution < -0.4 is 10.6 Å². The summed E-state index contributed by atoms with van der Waals surface area (Å²) < 4.78 is 26.0. The minimum Gasteiger partial charge on any atom is -0.440 e. The zero-order chi connectivity index (χ0) is 33.8. The van der Waals surface area contributed by atoms with E-state index in [0.29, 0.717) is 16.6 Å². The second kappa shape index (κ2) is 14.2. The molecule has 3 aromatic heterocycles. The summed E-state index contributed by atoms with van der Waals surface area (Å²) in [6, 6.07) is 11.1. The van der Waals surface area contributed by atoms with E-state index in [1.807, 2.05) is 12.1 Å². The van der Waals surface area contributed by atoms with Gasteiger partial charge in [0.2, 0.25) is 12.6 Å². The number of benzene rings is 2. The van der Waals surface area contributed by atoms with Gasteiger partial charge in [0.1, 0.15) is 23.0 Å². The van der Waals surface area contributed by atoms with E-state index < -0.39 is 29.5 Å². The summed E-state index contributed by atoms with van der Waals surface area (Å²) in [7, 11) is 0. The maximum absolute atomic E-state index is 14.4. The van der Waals surface area contributed by atoms with Gasteiger partial charge in [0.15, 0.2) is 5.82 Å². The quantitative estimate of drug-likeness (QED) is 0.174. The van der Waals surface area contributed by atoms with Crippen LogP contribution in [0.5, 0.6) is 0 Å². The highest BCUT2D eigenvalue weighted by Crippen LogP contribution is 2.36.